The van der Waals surface area contributed by atoms with Crippen LogP contribution in [0.1, 0.15) is 31.7 Å². The van der Waals surface area contributed by atoms with Crippen LogP contribution < -0.4 is 5.32 Å². The number of rotatable bonds is 5. The molecule has 138 valence electrons. The zero-order valence-electron chi connectivity index (χ0n) is 14.8. The van der Waals surface area contributed by atoms with E-state index in [4.69, 9.17) is 0 Å². The summed E-state index contributed by atoms with van der Waals surface area (Å²) in [6.07, 6.45) is 3.65. The summed E-state index contributed by atoms with van der Waals surface area (Å²) in [7, 11) is -3.50. The molecular formula is C18H27N3O3S. The number of piperazine rings is 1. The third-order valence-electron chi connectivity index (χ3n) is 5.03. The molecule has 0 spiro atoms. The van der Waals surface area contributed by atoms with E-state index >= 15 is 0 Å². The number of hydrogen-bond donors (Lipinski definition) is 1. The Kier molecular flexibility index (Phi) is 5.76. The Bertz CT molecular complexity index is 703. The molecule has 0 aliphatic carbocycles. The van der Waals surface area contributed by atoms with Gasteiger partial charge in [-0.05, 0) is 37.0 Å². The smallest absolute Gasteiger partial charge is 0.243 e. The second-order valence-corrected chi connectivity index (χ2v) is 8.75. The maximum absolute atomic E-state index is 13.0. The third kappa shape index (κ3) is 4.04. The van der Waals surface area contributed by atoms with Gasteiger partial charge < -0.3 is 10.2 Å². The highest BCUT2D eigenvalue weighted by Gasteiger charge is 2.35. The Labute approximate surface area is 150 Å². The minimum absolute atomic E-state index is 0.0162. The zero-order valence-corrected chi connectivity index (χ0v) is 15.6. The molecule has 1 aromatic rings. The van der Waals surface area contributed by atoms with Crippen LogP contribution in [-0.4, -0.2) is 62.3 Å². The van der Waals surface area contributed by atoms with Gasteiger partial charge in [0.05, 0.1) is 11.4 Å². The van der Waals surface area contributed by atoms with E-state index in [1.807, 2.05) is 17.0 Å². The third-order valence-corrected chi connectivity index (χ3v) is 6.91. The van der Waals surface area contributed by atoms with E-state index < -0.39 is 10.0 Å². The van der Waals surface area contributed by atoms with E-state index in [1.54, 1.807) is 16.4 Å². The number of piperidine rings is 1. The highest BCUT2D eigenvalue weighted by atomic mass is 32.2. The van der Waals surface area contributed by atoms with Crippen molar-refractivity contribution in [1.82, 2.24) is 14.5 Å². The van der Waals surface area contributed by atoms with Gasteiger partial charge in [-0.2, -0.15) is 4.31 Å². The second kappa shape index (κ2) is 7.85. The SMILES string of the molecule is CCCc1ccc(S(=O)(=O)N2CCCC(N3CCNCC3=O)C2)cc1. The number of benzene rings is 1. The Hall–Kier alpha value is -1.44. The van der Waals surface area contributed by atoms with Gasteiger partial charge in [-0.15, -0.1) is 0 Å². The minimum Gasteiger partial charge on any atom is -0.336 e. The lowest BCUT2D eigenvalue weighted by molar-refractivity contribution is -0.135. The minimum atomic E-state index is -3.50. The van der Waals surface area contributed by atoms with Gasteiger partial charge in [0.15, 0.2) is 0 Å². The molecule has 2 aliphatic heterocycles. The second-order valence-electron chi connectivity index (χ2n) is 6.82. The summed E-state index contributed by atoms with van der Waals surface area (Å²) in [5.41, 5.74) is 1.16. The van der Waals surface area contributed by atoms with Gasteiger partial charge >= 0.3 is 0 Å². The van der Waals surface area contributed by atoms with Crippen molar-refractivity contribution in [3.05, 3.63) is 29.8 Å². The molecule has 1 aromatic carbocycles. The van der Waals surface area contributed by atoms with E-state index in [0.717, 1.165) is 37.8 Å². The van der Waals surface area contributed by atoms with E-state index in [-0.39, 0.29) is 11.9 Å². The number of hydrogen-bond acceptors (Lipinski definition) is 4. The van der Waals surface area contributed by atoms with Crippen LogP contribution in [0.5, 0.6) is 0 Å². The number of nitrogens with zero attached hydrogens (tertiary/aromatic N) is 2. The first-order valence-electron chi connectivity index (χ1n) is 9.11. The van der Waals surface area contributed by atoms with Crippen molar-refractivity contribution in [3.63, 3.8) is 0 Å². The summed E-state index contributed by atoms with van der Waals surface area (Å²) in [5, 5.41) is 3.06. The normalized spacial score (nSPS) is 23.0. The summed E-state index contributed by atoms with van der Waals surface area (Å²) in [5.74, 6) is 0.0689. The van der Waals surface area contributed by atoms with E-state index in [2.05, 4.69) is 12.2 Å². The lowest BCUT2D eigenvalue weighted by Gasteiger charge is -2.40. The van der Waals surface area contributed by atoms with Crippen LogP contribution >= 0.6 is 0 Å². The van der Waals surface area contributed by atoms with Crippen LogP contribution in [0.25, 0.3) is 0 Å². The average molecular weight is 365 g/mol. The van der Waals surface area contributed by atoms with Crippen molar-refractivity contribution in [3.8, 4) is 0 Å². The summed E-state index contributed by atoms with van der Waals surface area (Å²) in [6, 6.07) is 7.20. The predicted octanol–water partition coefficient (Wildman–Crippen LogP) is 1.22. The molecule has 1 amide bonds. The number of nitrogens with one attached hydrogen (secondary N) is 1. The average Bonchev–Trinajstić information content (AvgIpc) is 2.63. The molecule has 7 heteroatoms. The topological polar surface area (TPSA) is 69.7 Å². The van der Waals surface area contributed by atoms with Crippen molar-refractivity contribution < 1.29 is 13.2 Å². The fraction of sp³-hybridized carbons (Fsp3) is 0.611. The van der Waals surface area contributed by atoms with Gasteiger partial charge in [-0.3, -0.25) is 4.79 Å². The molecule has 1 atom stereocenters. The lowest BCUT2D eigenvalue weighted by Crippen LogP contribution is -2.57. The van der Waals surface area contributed by atoms with Gasteiger partial charge in [0, 0.05) is 32.2 Å². The first-order chi connectivity index (χ1) is 12.0. The maximum atomic E-state index is 13.0. The molecular weight excluding hydrogens is 338 g/mol. The van der Waals surface area contributed by atoms with E-state index in [1.165, 1.54) is 0 Å². The first-order valence-corrected chi connectivity index (χ1v) is 10.6. The van der Waals surface area contributed by atoms with Crippen LogP contribution in [0.2, 0.25) is 0 Å². The van der Waals surface area contributed by atoms with Gasteiger partial charge in [-0.25, -0.2) is 8.42 Å². The molecule has 0 saturated carbocycles. The summed E-state index contributed by atoms with van der Waals surface area (Å²) < 4.78 is 27.5. The molecule has 2 fully saturated rings. The summed E-state index contributed by atoms with van der Waals surface area (Å²) in [4.78, 5) is 14.3. The number of sulfonamides is 1. The molecule has 2 saturated heterocycles. The molecule has 0 radical (unpaired) electrons. The zero-order chi connectivity index (χ0) is 17.9. The van der Waals surface area contributed by atoms with Crippen LogP contribution in [0, 0.1) is 0 Å². The van der Waals surface area contributed by atoms with Crippen molar-refractivity contribution in [2.24, 2.45) is 0 Å². The standard InChI is InChI=1S/C18H27N3O3S/c1-2-4-15-6-8-17(9-7-15)25(23,24)20-11-3-5-16(14-20)21-12-10-19-13-18(21)22/h6-9,16,19H,2-5,10-14H2,1H3. The summed E-state index contributed by atoms with van der Waals surface area (Å²) in [6.45, 7) is 4.80. The van der Waals surface area contributed by atoms with Gasteiger partial charge in [0.25, 0.3) is 0 Å². The number of aryl methyl sites for hydroxylation is 1. The number of carbonyl (C=O) groups excluding carboxylic acids is 1. The van der Waals surface area contributed by atoms with Crippen molar-refractivity contribution >= 4 is 15.9 Å². The molecule has 0 aromatic heterocycles. The first kappa shape index (κ1) is 18.4. The predicted molar refractivity (Wildman–Crippen MR) is 96.8 cm³/mol. The van der Waals surface area contributed by atoms with Gasteiger partial charge in [-0.1, -0.05) is 25.5 Å². The fourth-order valence-electron chi connectivity index (χ4n) is 3.67. The molecule has 0 bridgehead atoms. The molecule has 6 nitrogen and oxygen atoms in total. The molecule has 2 heterocycles. The fourth-order valence-corrected chi connectivity index (χ4v) is 5.18. The molecule has 25 heavy (non-hydrogen) atoms. The highest BCUT2D eigenvalue weighted by Crippen LogP contribution is 2.24. The van der Waals surface area contributed by atoms with Gasteiger partial charge in [0.2, 0.25) is 15.9 Å². The van der Waals surface area contributed by atoms with E-state index in [0.29, 0.717) is 31.1 Å². The summed E-state index contributed by atoms with van der Waals surface area (Å²) >= 11 is 0. The van der Waals surface area contributed by atoms with Gasteiger partial charge in [0.1, 0.15) is 0 Å². The van der Waals surface area contributed by atoms with Crippen molar-refractivity contribution in [2.75, 3.05) is 32.7 Å². The number of amides is 1. The molecule has 3 rings (SSSR count). The Morgan fingerprint density at radius 1 is 1.20 bits per heavy atom. The van der Waals surface area contributed by atoms with Crippen LogP contribution in [0.3, 0.4) is 0 Å². The Morgan fingerprint density at radius 2 is 1.96 bits per heavy atom. The maximum Gasteiger partial charge on any atom is 0.243 e. The van der Waals surface area contributed by atoms with Crippen molar-refractivity contribution in [2.45, 2.75) is 43.5 Å². The van der Waals surface area contributed by atoms with Crippen molar-refractivity contribution in [1.29, 1.82) is 0 Å². The lowest BCUT2D eigenvalue weighted by atomic mass is 10.1. The Morgan fingerprint density at radius 3 is 2.64 bits per heavy atom. The molecule has 1 unspecified atom stereocenters. The Balaban J connectivity index is 1.74. The van der Waals surface area contributed by atoms with E-state index in [9.17, 15) is 13.2 Å². The van der Waals surface area contributed by atoms with Crippen LogP contribution in [-0.2, 0) is 21.2 Å². The van der Waals surface area contributed by atoms with Crippen LogP contribution in [0.4, 0.5) is 0 Å². The van der Waals surface area contributed by atoms with Crippen LogP contribution in [0.15, 0.2) is 29.2 Å². The quantitative estimate of drug-likeness (QED) is 0.852. The number of carbonyl (C=O) groups is 1. The largest absolute Gasteiger partial charge is 0.336 e. The monoisotopic (exact) mass is 365 g/mol. The molecule has 2 aliphatic rings. The molecule has 1 N–H and O–H groups in total. The highest BCUT2D eigenvalue weighted by molar-refractivity contribution is 7.89.